The molecule has 2 saturated heterocycles. The SMILES string of the molecule is Cc1c(C(=O)N2CC3CCC(N)C3C2)cnn1CCOC1CCCCO1. The minimum atomic E-state index is -0.0889. The molecule has 7 nitrogen and oxygen atoms in total. The lowest BCUT2D eigenvalue weighted by atomic mass is 9.98. The van der Waals surface area contributed by atoms with Crippen LogP contribution in [0.15, 0.2) is 6.20 Å². The molecular formula is C19H30N4O3. The van der Waals surface area contributed by atoms with Gasteiger partial charge in [-0.25, -0.2) is 0 Å². The summed E-state index contributed by atoms with van der Waals surface area (Å²) in [4.78, 5) is 14.9. The number of aromatic nitrogens is 2. The van der Waals surface area contributed by atoms with Crippen LogP contribution in [-0.2, 0) is 16.0 Å². The van der Waals surface area contributed by atoms with Gasteiger partial charge in [0.2, 0.25) is 0 Å². The monoisotopic (exact) mass is 362 g/mol. The van der Waals surface area contributed by atoms with Crippen molar-refractivity contribution in [3.05, 3.63) is 17.5 Å². The Hall–Kier alpha value is -1.44. The van der Waals surface area contributed by atoms with Gasteiger partial charge in [0.05, 0.1) is 24.9 Å². The molecule has 3 aliphatic rings. The lowest BCUT2D eigenvalue weighted by Gasteiger charge is -2.22. The van der Waals surface area contributed by atoms with E-state index in [0.717, 1.165) is 57.5 Å². The van der Waals surface area contributed by atoms with Crippen LogP contribution in [0.5, 0.6) is 0 Å². The molecule has 1 saturated carbocycles. The molecule has 0 bridgehead atoms. The fourth-order valence-electron chi connectivity index (χ4n) is 4.64. The number of hydrogen-bond acceptors (Lipinski definition) is 5. The van der Waals surface area contributed by atoms with Gasteiger partial charge < -0.3 is 20.1 Å². The zero-order valence-corrected chi connectivity index (χ0v) is 15.6. The summed E-state index contributed by atoms with van der Waals surface area (Å²) in [5, 5.41) is 4.40. The quantitative estimate of drug-likeness (QED) is 0.859. The lowest BCUT2D eigenvalue weighted by molar-refractivity contribution is -0.163. The van der Waals surface area contributed by atoms with Crippen molar-refractivity contribution in [1.82, 2.24) is 14.7 Å². The average molecular weight is 362 g/mol. The first-order valence-electron chi connectivity index (χ1n) is 9.94. The fourth-order valence-corrected chi connectivity index (χ4v) is 4.64. The van der Waals surface area contributed by atoms with Crippen molar-refractivity contribution in [3.63, 3.8) is 0 Å². The second-order valence-electron chi connectivity index (χ2n) is 7.91. The molecule has 0 radical (unpaired) electrons. The summed E-state index contributed by atoms with van der Waals surface area (Å²) in [6.07, 6.45) is 7.09. The maximum atomic E-state index is 12.9. The van der Waals surface area contributed by atoms with E-state index in [9.17, 15) is 4.79 Å². The first-order chi connectivity index (χ1) is 12.6. The van der Waals surface area contributed by atoms with Gasteiger partial charge in [0.25, 0.3) is 5.91 Å². The Morgan fingerprint density at radius 1 is 1.35 bits per heavy atom. The number of carbonyl (C=O) groups excluding carboxylic acids is 1. The first-order valence-corrected chi connectivity index (χ1v) is 9.94. The van der Waals surface area contributed by atoms with Crippen molar-refractivity contribution in [1.29, 1.82) is 0 Å². The van der Waals surface area contributed by atoms with Crippen LogP contribution in [0.2, 0.25) is 0 Å². The summed E-state index contributed by atoms with van der Waals surface area (Å²) >= 11 is 0. The number of fused-ring (bicyclic) bond motifs is 1. The van der Waals surface area contributed by atoms with Crippen molar-refractivity contribution >= 4 is 5.91 Å². The van der Waals surface area contributed by atoms with Crippen LogP contribution in [0.25, 0.3) is 0 Å². The number of rotatable bonds is 5. The number of carbonyl (C=O) groups is 1. The van der Waals surface area contributed by atoms with Gasteiger partial charge in [0.1, 0.15) is 0 Å². The van der Waals surface area contributed by atoms with Crippen LogP contribution in [-0.4, -0.2) is 59.2 Å². The normalized spacial score (nSPS) is 31.4. The molecule has 1 amide bonds. The third-order valence-electron chi connectivity index (χ3n) is 6.28. The van der Waals surface area contributed by atoms with Crippen molar-refractivity contribution < 1.29 is 14.3 Å². The van der Waals surface area contributed by atoms with E-state index in [1.54, 1.807) is 6.20 Å². The van der Waals surface area contributed by atoms with Gasteiger partial charge >= 0.3 is 0 Å². The summed E-state index contributed by atoms with van der Waals surface area (Å²) in [5.41, 5.74) is 7.80. The third-order valence-corrected chi connectivity index (χ3v) is 6.28. The van der Waals surface area contributed by atoms with E-state index < -0.39 is 0 Å². The molecule has 26 heavy (non-hydrogen) atoms. The highest BCUT2D eigenvalue weighted by atomic mass is 16.7. The Kier molecular flexibility index (Phi) is 5.29. The lowest BCUT2D eigenvalue weighted by Crippen LogP contribution is -2.33. The van der Waals surface area contributed by atoms with Gasteiger partial charge in [0, 0.05) is 31.4 Å². The van der Waals surface area contributed by atoms with Gasteiger partial charge in [-0.3, -0.25) is 9.48 Å². The Morgan fingerprint density at radius 2 is 2.23 bits per heavy atom. The standard InChI is InChI=1S/C19H30N4O3/c1-13-15(19(24)22-11-14-5-6-17(20)16(14)12-22)10-21-23(13)7-9-26-18-4-2-3-8-25-18/h10,14,16-18H,2-9,11-12,20H2,1H3. The molecule has 7 heteroatoms. The summed E-state index contributed by atoms with van der Waals surface area (Å²) < 4.78 is 13.2. The van der Waals surface area contributed by atoms with Crippen LogP contribution in [0.4, 0.5) is 0 Å². The van der Waals surface area contributed by atoms with Crippen LogP contribution in [0.1, 0.15) is 48.2 Å². The van der Waals surface area contributed by atoms with E-state index in [0.29, 0.717) is 30.6 Å². The van der Waals surface area contributed by atoms with E-state index >= 15 is 0 Å². The summed E-state index contributed by atoms with van der Waals surface area (Å²) in [6, 6.07) is 0.251. The number of hydrogen-bond donors (Lipinski definition) is 1. The molecule has 1 aromatic heterocycles. The van der Waals surface area contributed by atoms with E-state index in [1.807, 2.05) is 16.5 Å². The number of nitrogens with two attached hydrogens (primary N) is 1. The minimum absolute atomic E-state index is 0.0889. The number of likely N-dealkylation sites (tertiary alicyclic amines) is 1. The highest BCUT2D eigenvalue weighted by molar-refractivity contribution is 5.95. The molecule has 4 unspecified atom stereocenters. The summed E-state index contributed by atoms with van der Waals surface area (Å²) in [5.74, 6) is 1.14. The molecular weight excluding hydrogens is 332 g/mol. The van der Waals surface area contributed by atoms with E-state index in [2.05, 4.69) is 5.10 Å². The predicted octanol–water partition coefficient (Wildman–Crippen LogP) is 1.54. The van der Waals surface area contributed by atoms with Crippen molar-refractivity contribution in [2.45, 2.75) is 57.9 Å². The van der Waals surface area contributed by atoms with Gasteiger partial charge in [-0.2, -0.15) is 5.10 Å². The Bertz CT molecular complexity index is 641. The minimum Gasteiger partial charge on any atom is -0.353 e. The zero-order chi connectivity index (χ0) is 18.1. The largest absolute Gasteiger partial charge is 0.353 e. The number of ether oxygens (including phenoxy) is 2. The first kappa shape index (κ1) is 17.9. The molecule has 1 aliphatic carbocycles. The Morgan fingerprint density at radius 3 is 3.00 bits per heavy atom. The molecule has 0 aromatic carbocycles. The summed E-state index contributed by atoms with van der Waals surface area (Å²) in [7, 11) is 0. The van der Waals surface area contributed by atoms with Crippen LogP contribution in [0, 0.1) is 18.8 Å². The van der Waals surface area contributed by atoms with Crippen LogP contribution in [0.3, 0.4) is 0 Å². The highest BCUT2D eigenvalue weighted by Gasteiger charge is 2.43. The fraction of sp³-hybridized carbons (Fsp3) is 0.789. The number of amides is 1. The summed E-state index contributed by atoms with van der Waals surface area (Å²) in [6.45, 7) is 5.55. The smallest absolute Gasteiger partial charge is 0.257 e. The van der Waals surface area contributed by atoms with E-state index in [-0.39, 0.29) is 18.2 Å². The predicted molar refractivity (Wildman–Crippen MR) is 96.6 cm³/mol. The second-order valence-corrected chi connectivity index (χ2v) is 7.91. The van der Waals surface area contributed by atoms with Crippen LogP contribution >= 0.6 is 0 Å². The Balaban J connectivity index is 1.32. The van der Waals surface area contributed by atoms with Crippen molar-refractivity contribution in [2.24, 2.45) is 17.6 Å². The van der Waals surface area contributed by atoms with Crippen LogP contribution < -0.4 is 5.73 Å². The van der Waals surface area contributed by atoms with Gasteiger partial charge in [-0.1, -0.05) is 0 Å². The van der Waals surface area contributed by atoms with Gasteiger partial charge in [0.15, 0.2) is 6.29 Å². The average Bonchev–Trinajstić information content (AvgIpc) is 3.33. The number of nitrogens with zero attached hydrogens (tertiary/aromatic N) is 3. The molecule has 0 spiro atoms. The van der Waals surface area contributed by atoms with E-state index in [1.165, 1.54) is 0 Å². The maximum absolute atomic E-state index is 12.9. The maximum Gasteiger partial charge on any atom is 0.257 e. The van der Waals surface area contributed by atoms with Crippen molar-refractivity contribution in [3.8, 4) is 0 Å². The molecule has 4 atom stereocenters. The molecule has 1 aromatic rings. The third kappa shape index (κ3) is 3.52. The Labute approximate surface area is 154 Å². The second kappa shape index (κ2) is 7.66. The van der Waals surface area contributed by atoms with E-state index in [4.69, 9.17) is 15.2 Å². The molecule has 2 N–H and O–H groups in total. The van der Waals surface area contributed by atoms with Gasteiger partial charge in [-0.15, -0.1) is 0 Å². The van der Waals surface area contributed by atoms with Crippen molar-refractivity contribution in [2.75, 3.05) is 26.3 Å². The molecule has 2 aliphatic heterocycles. The zero-order valence-electron chi connectivity index (χ0n) is 15.6. The van der Waals surface area contributed by atoms with Gasteiger partial charge in [-0.05, 0) is 50.9 Å². The molecule has 144 valence electrons. The molecule has 3 heterocycles. The topological polar surface area (TPSA) is 82.6 Å². The highest BCUT2D eigenvalue weighted by Crippen LogP contribution is 2.37. The molecule has 3 fully saturated rings. The molecule has 4 rings (SSSR count).